The molecule has 88 heavy (non-hydrogen) atoms. The molecular formula is C68H83ClN10O9. The van der Waals surface area contributed by atoms with Crippen LogP contribution in [0.5, 0.6) is 0 Å². The van der Waals surface area contributed by atoms with Gasteiger partial charge in [0.05, 0.1) is 58.4 Å². The quantitative estimate of drug-likeness (QED) is 0.0644. The fourth-order valence-electron chi connectivity index (χ4n) is 12.7. The number of morpholine rings is 4. The minimum absolute atomic E-state index is 0.0688. The van der Waals surface area contributed by atoms with Crippen LogP contribution in [0.1, 0.15) is 103 Å². The molecule has 0 saturated carbocycles. The Balaban J connectivity index is 0.000000167. The Labute approximate surface area is 519 Å². The number of carbonyl (C=O) groups excluding carboxylic acids is 1. The van der Waals surface area contributed by atoms with E-state index in [1.54, 1.807) is 6.07 Å². The first-order valence-electron chi connectivity index (χ1n) is 30.5. The highest BCUT2D eigenvalue weighted by molar-refractivity contribution is 6.13. The van der Waals surface area contributed by atoms with Crippen LogP contribution < -0.4 is 31.1 Å². The van der Waals surface area contributed by atoms with E-state index in [0.29, 0.717) is 55.2 Å². The van der Waals surface area contributed by atoms with Crippen molar-refractivity contribution in [2.45, 2.75) is 80.6 Å². The molecule has 6 aromatic heterocycles. The Kier molecular flexibility index (Phi) is 20.7. The number of ether oxygens (including phenoxy) is 4. The molecule has 0 aliphatic carbocycles. The number of hydrogen-bond donors (Lipinski definition) is 5. The van der Waals surface area contributed by atoms with E-state index >= 15 is 0 Å². The number of anilines is 2. The topological polar surface area (TPSA) is 203 Å². The third-order valence-electron chi connectivity index (χ3n) is 17.6. The highest BCUT2D eigenvalue weighted by Crippen LogP contribution is 2.35. The number of aromatic carboxylic acids is 1. The number of aromatic nitrogens is 4. The lowest BCUT2D eigenvalue weighted by atomic mass is 10.0. The Morgan fingerprint density at radius 2 is 0.898 bits per heavy atom. The number of rotatable bonds is 14. The van der Waals surface area contributed by atoms with Crippen molar-refractivity contribution in [3.05, 3.63) is 185 Å². The van der Waals surface area contributed by atoms with Gasteiger partial charge in [-0.1, -0.05) is 24.3 Å². The van der Waals surface area contributed by atoms with Gasteiger partial charge in [-0.2, -0.15) is 0 Å². The van der Waals surface area contributed by atoms with Crippen LogP contribution in [0.15, 0.2) is 107 Å². The van der Waals surface area contributed by atoms with E-state index in [2.05, 4.69) is 135 Å². The van der Waals surface area contributed by atoms with E-state index in [4.69, 9.17) is 30.7 Å². The molecule has 4 fully saturated rings. The Bertz CT molecular complexity index is 3870. The number of halogens is 1. The van der Waals surface area contributed by atoms with Gasteiger partial charge >= 0.3 is 5.97 Å². The number of hydrogen-bond acceptors (Lipinski definition) is 13. The van der Waals surface area contributed by atoms with E-state index in [0.717, 1.165) is 157 Å². The summed E-state index contributed by atoms with van der Waals surface area (Å²) >= 11 is 5.32. The normalized spacial score (nSPS) is 16.6. The van der Waals surface area contributed by atoms with Crippen molar-refractivity contribution in [3.8, 4) is 22.3 Å². The van der Waals surface area contributed by atoms with Crippen LogP contribution in [-0.4, -0.2) is 151 Å². The molecule has 4 aliphatic rings. The second-order valence-corrected chi connectivity index (χ2v) is 23.6. The molecule has 0 spiro atoms. The molecule has 8 aromatic rings. The molecule has 0 bridgehead atoms. The highest BCUT2D eigenvalue weighted by atomic mass is 35.5. The van der Waals surface area contributed by atoms with E-state index in [9.17, 15) is 24.3 Å². The molecule has 20 heteroatoms. The number of H-pyrrole nitrogens is 2. The average Bonchev–Trinajstić information content (AvgIpc) is 2.07. The van der Waals surface area contributed by atoms with Crippen LogP contribution in [0.4, 0.5) is 11.4 Å². The molecule has 0 radical (unpaired) electrons. The summed E-state index contributed by atoms with van der Waals surface area (Å²) in [5, 5.41) is 12.9. The first kappa shape index (κ1) is 63.4. The predicted molar refractivity (Wildman–Crippen MR) is 347 cm³/mol. The first-order valence-corrected chi connectivity index (χ1v) is 30.9. The van der Waals surface area contributed by atoms with Gasteiger partial charge in [-0.15, -0.1) is 0 Å². The standard InChI is InChI=1S/C34H41N5O4.C26H31N3O4.C8H11ClN2O/c1-22-17-23(2)36-34(41)31(22)20-35-33(40)30-19-29-18-27(26-5-7-28(8-6-26)38-11-15-43-16-12-38)21-39(29)32(24(30)3)25(4)37-9-13-42-14-10-37;1-18-24(26(30)31)16-23-15-21(17-29(23)25(18)19(2)27-7-11-32-12-8-27)20-3-5-22(6-4-20)28-9-13-33-14-10-28;1-5-3-6(2)11-8(12)7(5)4-10-9/h5-8,17-19,21,25H,9-16,20H2,1-4H3,(H,35,40)(H,36,41);3-6,15-17,19H,7-14H2,1-2H3,(H,30,31);3,10H,4H2,1-2H3,(H,11,12). The zero-order valence-corrected chi connectivity index (χ0v) is 52.7. The van der Waals surface area contributed by atoms with Crippen molar-refractivity contribution in [1.82, 2.24) is 38.7 Å². The number of carboxylic acid groups (broad SMARTS) is 1. The van der Waals surface area contributed by atoms with Gasteiger partial charge in [0.25, 0.3) is 17.0 Å². The molecule has 2 unspecified atom stereocenters. The predicted octanol–water partition coefficient (Wildman–Crippen LogP) is 9.46. The number of amides is 1. The van der Waals surface area contributed by atoms with Crippen LogP contribution in [0, 0.1) is 41.5 Å². The van der Waals surface area contributed by atoms with Gasteiger partial charge in [-0.3, -0.25) is 24.2 Å². The third-order valence-corrected chi connectivity index (χ3v) is 17.8. The summed E-state index contributed by atoms with van der Waals surface area (Å²) in [5.41, 5.74) is 18.1. The van der Waals surface area contributed by atoms with E-state index in [-0.39, 0.29) is 35.7 Å². The molecule has 12 rings (SSSR count). The van der Waals surface area contributed by atoms with Gasteiger partial charge < -0.3 is 57.9 Å². The lowest BCUT2D eigenvalue weighted by Gasteiger charge is -2.34. The summed E-state index contributed by atoms with van der Waals surface area (Å²) in [6, 6.07) is 29.3. The van der Waals surface area contributed by atoms with E-state index < -0.39 is 5.97 Å². The summed E-state index contributed by atoms with van der Waals surface area (Å²) in [7, 11) is 0. The SMILES string of the molecule is Cc1c(C(=O)O)cc2cc(-c3ccc(N4CCOCC4)cc3)cn2c1C(C)N1CCOCC1.Cc1cc(C)c(CNC(=O)c2cc3cc(-c4ccc(N5CCOCC5)cc4)cn3c(C(C)N3CCOCC3)c2C)c(=O)[nH]1.Cc1cc(C)c(CNCl)c(=O)[nH]1. The monoisotopic (exact) mass is 1220 g/mol. The minimum Gasteiger partial charge on any atom is -0.478 e. The largest absolute Gasteiger partial charge is 0.478 e. The molecule has 2 atom stereocenters. The van der Waals surface area contributed by atoms with Crippen molar-refractivity contribution >= 4 is 46.1 Å². The number of nitrogens with one attached hydrogen (secondary N) is 4. The maximum Gasteiger partial charge on any atom is 0.336 e. The first-order chi connectivity index (χ1) is 42.5. The van der Waals surface area contributed by atoms with E-state index in [1.807, 2.05) is 59.7 Å². The van der Waals surface area contributed by atoms with Crippen molar-refractivity contribution in [3.63, 3.8) is 0 Å². The number of carbonyl (C=O) groups is 2. The minimum atomic E-state index is -0.886. The van der Waals surface area contributed by atoms with Gasteiger partial charge in [0.2, 0.25) is 0 Å². The molecule has 10 heterocycles. The van der Waals surface area contributed by atoms with Crippen molar-refractivity contribution < 1.29 is 33.6 Å². The fraction of sp³-hybridized carbons (Fsp3) is 0.412. The maximum absolute atomic E-state index is 13.7. The van der Waals surface area contributed by atoms with Crippen molar-refractivity contribution in [1.29, 1.82) is 0 Å². The Morgan fingerprint density at radius 3 is 1.28 bits per heavy atom. The van der Waals surface area contributed by atoms with Gasteiger partial charge in [0.15, 0.2) is 0 Å². The summed E-state index contributed by atoms with van der Waals surface area (Å²) in [6.45, 7) is 29.2. The Hall–Kier alpha value is -7.59. The summed E-state index contributed by atoms with van der Waals surface area (Å²) in [4.78, 5) is 67.1. The van der Waals surface area contributed by atoms with Gasteiger partial charge in [0.1, 0.15) is 0 Å². The second kappa shape index (κ2) is 28.7. The zero-order chi connectivity index (χ0) is 62.2. The molecule has 4 saturated heterocycles. The van der Waals surface area contributed by atoms with Crippen molar-refractivity contribution in [2.75, 3.05) is 115 Å². The number of aromatic amines is 2. The van der Waals surface area contributed by atoms with Crippen LogP contribution >= 0.6 is 11.8 Å². The van der Waals surface area contributed by atoms with Crippen LogP contribution in [0.2, 0.25) is 0 Å². The van der Waals surface area contributed by atoms with E-state index in [1.165, 1.54) is 11.4 Å². The molecule has 5 N–H and O–H groups in total. The molecular weight excluding hydrogens is 1140 g/mol. The molecule has 19 nitrogen and oxygen atoms in total. The summed E-state index contributed by atoms with van der Waals surface area (Å²) < 4.78 is 26.5. The van der Waals surface area contributed by atoms with Crippen LogP contribution in [-0.2, 0) is 32.0 Å². The average molecular weight is 1220 g/mol. The lowest BCUT2D eigenvalue weighted by molar-refractivity contribution is 0.0186. The van der Waals surface area contributed by atoms with Gasteiger partial charge in [-0.05, 0) is 161 Å². The molecule has 1 amide bonds. The smallest absolute Gasteiger partial charge is 0.336 e. The van der Waals surface area contributed by atoms with Crippen LogP contribution in [0.3, 0.4) is 0 Å². The number of benzene rings is 2. The number of aryl methyl sites for hydroxylation is 4. The van der Waals surface area contributed by atoms with Gasteiger partial charge in [0, 0.05) is 163 Å². The molecule has 466 valence electrons. The Morgan fingerprint density at radius 1 is 0.523 bits per heavy atom. The van der Waals surface area contributed by atoms with Gasteiger partial charge in [-0.25, -0.2) is 9.63 Å². The summed E-state index contributed by atoms with van der Waals surface area (Å²) in [5.74, 6) is -1.07. The number of carboxylic acids is 1. The number of fused-ring (bicyclic) bond motifs is 2. The number of pyridine rings is 4. The highest BCUT2D eigenvalue weighted by Gasteiger charge is 2.28. The van der Waals surface area contributed by atoms with Crippen molar-refractivity contribution in [2.24, 2.45) is 0 Å². The lowest BCUT2D eigenvalue weighted by Crippen LogP contribution is -2.39. The fourth-order valence-corrected chi connectivity index (χ4v) is 12.9. The van der Waals surface area contributed by atoms with Crippen LogP contribution in [0.25, 0.3) is 33.3 Å². The summed E-state index contributed by atoms with van der Waals surface area (Å²) in [6.07, 6.45) is 4.33. The zero-order valence-electron chi connectivity index (χ0n) is 51.9. The maximum atomic E-state index is 13.7. The third kappa shape index (κ3) is 14.4. The number of nitrogens with zero attached hydrogens (tertiary/aromatic N) is 6. The second-order valence-electron chi connectivity index (χ2n) is 23.3. The molecule has 2 aromatic carbocycles. The molecule has 4 aliphatic heterocycles.